The summed E-state index contributed by atoms with van der Waals surface area (Å²) in [4.78, 5) is 62.7. The molecule has 1 saturated heterocycles. The summed E-state index contributed by atoms with van der Waals surface area (Å²) < 4.78 is -0.685. The number of hydrogen-bond donors (Lipinski definition) is 3. The summed E-state index contributed by atoms with van der Waals surface area (Å²) in [5.74, 6) is -2.49. The highest BCUT2D eigenvalue weighted by Crippen LogP contribution is 2.39. The van der Waals surface area contributed by atoms with Gasteiger partial charge >= 0.3 is 5.97 Å². The van der Waals surface area contributed by atoms with E-state index < -0.39 is 53.0 Å². The van der Waals surface area contributed by atoms with Crippen molar-refractivity contribution >= 4 is 52.5 Å². The lowest BCUT2D eigenvalue weighted by molar-refractivity contribution is -0.142. The highest BCUT2D eigenvalue weighted by atomic mass is 32.2. The van der Waals surface area contributed by atoms with Crippen LogP contribution in [-0.2, 0) is 19.2 Å². The number of nitrogens with one attached hydrogen (secondary N) is 2. The van der Waals surface area contributed by atoms with Crippen molar-refractivity contribution in [3.05, 3.63) is 48.0 Å². The lowest BCUT2D eigenvalue weighted by atomic mass is 9.99. The molecule has 10 heteroatoms. The smallest absolute Gasteiger partial charge is 0.305 e. The first-order chi connectivity index (χ1) is 16.0. The van der Waals surface area contributed by atoms with E-state index in [-0.39, 0.29) is 5.88 Å². The number of carbonyl (C=O) groups excluding carboxylic acids is 4. The van der Waals surface area contributed by atoms with Gasteiger partial charge in [0.05, 0.1) is 18.3 Å². The van der Waals surface area contributed by atoms with Crippen LogP contribution in [0.2, 0.25) is 0 Å². The van der Waals surface area contributed by atoms with Gasteiger partial charge in [-0.1, -0.05) is 36.4 Å². The van der Waals surface area contributed by atoms with E-state index in [9.17, 15) is 24.0 Å². The molecule has 3 amide bonds. The Balaban J connectivity index is 1.76. The number of carboxylic acids is 1. The molecule has 0 unspecified atom stereocenters. The van der Waals surface area contributed by atoms with E-state index in [0.29, 0.717) is 11.8 Å². The molecular weight excluding hydrogens is 458 g/mol. The molecule has 3 atom stereocenters. The predicted octanol–water partition coefficient (Wildman–Crippen LogP) is 1.80. The number of aliphatic carboxylic acids is 1. The van der Waals surface area contributed by atoms with Crippen molar-refractivity contribution in [3.63, 3.8) is 0 Å². The van der Waals surface area contributed by atoms with Crippen LogP contribution in [0.5, 0.6) is 0 Å². The zero-order valence-corrected chi connectivity index (χ0v) is 19.9. The highest BCUT2D eigenvalue weighted by Gasteiger charge is 2.49. The Kier molecular flexibility index (Phi) is 7.61. The summed E-state index contributed by atoms with van der Waals surface area (Å²) in [6.45, 7) is 5.14. The van der Waals surface area contributed by atoms with Crippen molar-refractivity contribution in [2.75, 3.05) is 5.88 Å². The molecule has 1 heterocycles. The minimum absolute atomic E-state index is 0.211. The van der Waals surface area contributed by atoms with Crippen LogP contribution in [-0.4, -0.2) is 68.7 Å². The maximum atomic E-state index is 13.3. The van der Waals surface area contributed by atoms with Crippen LogP contribution >= 0.6 is 11.8 Å². The summed E-state index contributed by atoms with van der Waals surface area (Å²) in [7, 11) is 0. The Labute approximate surface area is 201 Å². The van der Waals surface area contributed by atoms with E-state index >= 15 is 0 Å². The Morgan fingerprint density at radius 1 is 1.15 bits per heavy atom. The van der Waals surface area contributed by atoms with E-state index in [0.717, 1.165) is 10.8 Å². The normalized spacial score (nSPS) is 18.7. The number of carboxylic acid groups (broad SMARTS) is 1. The zero-order valence-electron chi connectivity index (χ0n) is 19.1. The Hall–Kier alpha value is -3.40. The number of benzene rings is 2. The van der Waals surface area contributed by atoms with E-state index in [4.69, 9.17) is 5.11 Å². The Morgan fingerprint density at radius 3 is 2.50 bits per heavy atom. The number of carbonyl (C=O) groups is 5. The predicted molar refractivity (Wildman–Crippen MR) is 128 cm³/mol. The number of fused-ring (bicyclic) bond motifs is 1. The minimum Gasteiger partial charge on any atom is -0.481 e. The van der Waals surface area contributed by atoms with Gasteiger partial charge in [-0.15, -0.1) is 11.8 Å². The fourth-order valence-corrected chi connectivity index (χ4v) is 5.14. The number of nitrogens with zero attached hydrogens (tertiary/aromatic N) is 1. The van der Waals surface area contributed by atoms with Crippen molar-refractivity contribution in [1.82, 2.24) is 15.5 Å². The molecule has 3 N–H and O–H groups in total. The molecule has 34 heavy (non-hydrogen) atoms. The second-order valence-electron chi connectivity index (χ2n) is 8.66. The lowest BCUT2D eigenvalue weighted by Crippen LogP contribution is -2.58. The summed E-state index contributed by atoms with van der Waals surface area (Å²) in [6, 6.07) is 9.71. The molecule has 2 aromatic carbocycles. The summed E-state index contributed by atoms with van der Waals surface area (Å²) in [5.41, 5.74) is 0.436. The quantitative estimate of drug-likeness (QED) is 0.486. The third-order valence-corrected chi connectivity index (χ3v) is 7.09. The first-order valence-corrected chi connectivity index (χ1v) is 11.7. The maximum Gasteiger partial charge on any atom is 0.305 e. The van der Waals surface area contributed by atoms with Crippen LogP contribution in [0.15, 0.2) is 42.5 Å². The number of hydrogen-bond acceptors (Lipinski definition) is 6. The summed E-state index contributed by atoms with van der Waals surface area (Å²) >= 11 is 1.38. The van der Waals surface area contributed by atoms with Gasteiger partial charge in [-0.3, -0.25) is 19.2 Å². The second kappa shape index (κ2) is 10.3. The molecule has 1 fully saturated rings. The van der Waals surface area contributed by atoms with Gasteiger partial charge in [-0.25, -0.2) is 0 Å². The molecule has 180 valence electrons. The van der Waals surface area contributed by atoms with Gasteiger partial charge in [0.15, 0.2) is 0 Å². The molecule has 0 aliphatic carbocycles. The molecule has 9 nitrogen and oxygen atoms in total. The topological polar surface area (TPSA) is 133 Å². The van der Waals surface area contributed by atoms with Crippen molar-refractivity contribution in [2.45, 2.75) is 50.1 Å². The average molecular weight is 486 g/mol. The third kappa shape index (κ3) is 5.39. The van der Waals surface area contributed by atoms with Crippen LogP contribution in [0.3, 0.4) is 0 Å². The van der Waals surface area contributed by atoms with Crippen molar-refractivity contribution in [2.24, 2.45) is 0 Å². The fourth-order valence-electron chi connectivity index (χ4n) is 4.00. The molecule has 0 aromatic heterocycles. The lowest BCUT2D eigenvalue weighted by Gasteiger charge is -2.32. The van der Waals surface area contributed by atoms with E-state index in [2.05, 4.69) is 10.6 Å². The van der Waals surface area contributed by atoms with Gasteiger partial charge in [0.2, 0.25) is 11.8 Å². The SMILES string of the molecule is C[C@H](NC(=O)c1cccc2ccccc12)C(=O)N1CSC(C)(C)[C@H]1C(=O)N[C@H](C=O)CC(=O)O. The van der Waals surface area contributed by atoms with Crippen LogP contribution in [0, 0.1) is 0 Å². The van der Waals surface area contributed by atoms with Crippen LogP contribution in [0.1, 0.15) is 37.6 Å². The fraction of sp³-hybridized carbons (Fsp3) is 0.375. The molecule has 1 aliphatic rings. The van der Waals surface area contributed by atoms with Gasteiger partial charge in [-0.2, -0.15) is 0 Å². The summed E-state index contributed by atoms with van der Waals surface area (Å²) in [6.07, 6.45) is -0.193. The Morgan fingerprint density at radius 2 is 1.82 bits per heavy atom. The van der Waals surface area contributed by atoms with Gasteiger partial charge in [0.1, 0.15) is 18.4 Å². The van der Waals surface area contributed by atoms with E-state index in [1.807, 2.05) is 30.3 Å². The average Bonchev–Trinajstić information content (AvgIpc) is 3.12. The third-order valence-electron chi connectivity index (χ3n) is 5.72. The molecule has 0 bridgehead atoms. The van der Waals surface area contributed by atoms with Gasteiger partial charge < -0.3 is 25.4 Å². The Bertz CT molecular complexity index is 1130. The number of rotatable bonds is 8. The van der Waals surface area contributed by atoms with Crippen LogP contribution in [0.4, 0.5) is 0 Å². The molecule has 0 radical (unpaired) electrons. The first kappa shape index (κ1) is 25.2. The molecule has 3 rings (SSSR count). The molecule has 0 saturated carbocycles. The maximum absolute atomic E-state index is 13.3. The van der Waals surface area contributed by atoms with Gasteiger partial charge in [0, 0.05) is 10.3 Å². The minimum atomic E-state index is -1.23. The molecule has 2 aromatic rings. The number of aldehydes is 1. The van der Waals surface area contributed by atoms with E-state index in [1.165, 1.54) is 16.7 Å². The van der Waals surface area contributed by atoms with E-state index in [1.54, 1.807) is 32.9 Å². The number of amides is 3. The summed E-state index contributed by atoms with van der Waals surface area (Å²) in [5, 5.41) is 15.7. The van der Waals surface area contributed by atoms with Crippen molar-refractivity contribution in [3.8, 4) is 0 Å². The largest absolute Gasteiger partial charge is 0.481 e. The molecule has 1 aliphatic heterocycles. The standard InChI is InChI=1S/C24H27N3O6S/c1-14(25-21(31)18-10-6-8-15-7-4-5-9-17(15)18)23(33)27-13-34-24(2,3)20(27)22(32)26-16(12-28)11-19(29)30/h4-10,12,14,16,20H,11,13H2,1-3H3,(H,25,31)(H,26,32)(H,29,30)/t14-,16-,20+/m0/s1. The molecular formula is C24H27N3O6S. The van der Waals surface area contributed by atoms with Crippen LogP contribution in [0.25, 0.3) is 10.8 Å². The van der Waals surface area contributed by atoms with Crippen molar-refractivity contribution in [1.29, 1.82) is 0 Å². The van der Waals surface area contributed by atoms with Gasteiger partial charge in [0.25, 0.3) is 5.91 Å². The number of thioether (sulfide) groups is 1. The zero-order chi connectivity index (χ0) is 25.0. The molecule has 0 spiro atoms. The first-order valence-electron chi connectivity index (χ1n) is 10.8. The monoisotopic (exact) mass is 485 g/mol. The van der Waals surface area contributed by atoms with Gasteiger partial charge in [-0.05, 0) is 37.6 Å². The van der Waals surface area contributed by atoms with Crippen molar-refractivity contribution < 1.29 is 29.1 Å². The second-order valence-corrected chi connectivity index (χ2v) is 10.3. The van der Waals surface area contributed by atoms with Crippen LogP contribution < -0.4 is 10.6 Å². The highest BCUT2D eigenvalue weighted by molar-refractivity contribution is 8.00.